The lowest BCUT2D eigenvalue weighted by atomic mass is 10.1. The van der Waals surface area contributed by atoms with Crippen molar-refractivity contribution in [2.24, 2.45) is 11.5 Å². The Hall–Kier alpha value is -0.860. The maximum Gasteiger partial charge on any atom is 0.0316 e. The van der Waals surface area contributed by atoms with Gasteiger partial charge in [0.05, 0.1) is 0 Å². The number of rotatable bonds is 0. The third kappa shape index (κ3) is 0.951. The van der Waals surface area contributed by atoms with Crippen molar-refractivity contribution in [3.8, 4) is 0 Å². The number of benzene rings is 1. The van der Waals surface area contributed by atoms with Gasteiger partial charge in [0.25, 0.3) is 0 Å². The Morgan fingerprint density at radius 2 is 1.45 bits per heavy atom. The highest BCUT2D eigenvalue weighted by Crippen LogP contribution is 2.34. The second-order valence-electron chi connectivity index (χ2n) is 3.08. The van der Waals surface area contributed by atoms with Gasteiger partial charge in [-0.2, -0.15) is 0 Å². The van der Waals surface area contributed by atoms with E-state index in [1.807, 2.05) is 12.1 Å². The molecular formula is C9H12N2. The summed E-state index contributed by atoms with van der Waals surface area (Å²) in [6.07, 6.45) is 0.888. The van der Waals surface area contributed by atoms with Crippen LogP contribution in [0.2, 0.25) is 0 Å². The largest absolute Gasteiger partial charge is 0.324 e. The lowest BCUT2D eigenvalue weighted by Gasteiger charge is -2.01. The number of hydrogen-bond donors (Lipinski definition) is 2. The van der Waals surface area contributed by atoms with Crippen molar-refractivity contribution < 1.29 is 0 Å². The molecule has 0 bridgehead atoms. The molecule has 0 fully saturated rings. The summed E-state index contributed by atoms with van der Waals surface area (Å²) in [6.45, 7) is 0. The molecule has 0 aliphatic heterocycles. The van der Waals surface area contributed by atoms with E-state index in [0.29, 0.717) is 0 Å². The Morgan fingerprint density at radius 1 is 1.00 bits per heavy atom. The fourth-order valence-corrected chi connectivity index (χ4v) is 1.71. The molecule has 4 N–H and O–H groups in total. The summed E-state index contributed by atoms with van der Waals surface area (Å²) in [7, 11) is 0. The highest BCUT2D eigenvalue weighted by atomic mass is 14.7. The monoisotopic (exact) mass is 148 g/mol. The minimum Gasteiger partial charge on any atom is -0.324 e. The van der Waals surface area contributed by atoms with Crippen LogP contribution in [0.5, 0.6) is 0 Å². The zero-order valence-corrected chi connectivity index (χ0v) is 6.33. The van der Waals surface area contributed by atoms with Crippen molar-refractivity contribution in [1.29, 1.82) is 0 Å². The molecule has 0 saturated heterocycles. The minimum atomic E-state index is 0.154. The van der Waals surface area contributed by atoms with Gasteiger partial charge >= 0.3 is 0 Å². The molecule has 0 saturated carbocycles. The zero-order valence-electron chi connectivity index (χ0n) is 6.33. The van der Waals surface area contributed by atoms with Crippen LogP contribution in [0.3, 0.4) is 0 Å². The molecule has 2 heteroatoms. The van der Waals surface area contributed by atoms with Gasteiger partial charge in [0, 0.05) is 12.1 Å². The van der Waals surface area contributed by atoms with E-state index in [-0.39, 0.29) is 12.1 Å². The fraction of sp³-hybridized carbons (Fsp3) is 0.333. The predicted octanol–water partition coefficient (Wildman–Crippen LogP) is 1.09. The molecule has 2 nitrogen and oxygen atoms in total. The first kappa shape index (κ1) is 6.83. The van der Waals surface area contributed by atoms with Gasteiger partial charge in [-0.3, -0.25) is 0 Å². The van der Waals surface area contributed by atoms with E-state index >= 15 is 0 Å². The average Bonchev–Trinajstić information content (AvgIpc) is 2.30. The molecule has 11 heavy (non-hydrogen) atoms. The van der Waals surface area contributed by atoms with Crippen LogP contribution < -0.4 is 11.5 Å². The van der Waals surface area contributed by atoms with Gasteiger partial charge in [0.1, 0.15) is 0 Å². The SMILES string of the molecule is N[C@H]1C[C@H](N)c2ccccc21. The molecule has 0 aromatic heterocycles. The Morgan fingerprint density at radius 3 is 1.91 bits per heavy atom. The van der Waals surface area contributed by atoms with E-state index in [0.717, 1.165) is 6.42 Å². The Balaban J connectivity index is 2.52. The van der Waals surface area contributed by atoms with Gasteiger partial charge in [-0.25, -0.2) is 0 Å². The normalized spacial score (nSPS) is 28.5. The Bertz CT molecular complexity index is 243. The van der Waals surface area contributed by atoms with E-state index in [1.54, 1.807) is 0 Å². The van der Waals surface area contributed by atoms with Crippen molar-refractivity contribution in [3.63, 3.8) is 0 Å². The Labute approximate surface area is 66.2 Å². The quantitative estimate of drug-likeness (QED) is 0.578. The molecule has 58 valence electrons. The summed E-state index contributed by atoms with van der Waals surface area (Å²) in [5, 5.41) is 0. The van der Waals surface area contributed by atoms with E-state index in [1.165, 1.54) is 11.1 Å². The summed E-state index contributed by atoms with van der Waals surface area (Å²) in [4.78, 5) is 0. The highest BCUT2D eigenvalue weighted by molar-refractivity contribution is 5.36. The molecule has 1 aromatic carbocycles. The molecule has 0 radical (unpaired) electrons. The van der Waals surface area contributed by atoms with Crippen molar-refractivity contribution in [2.45, 2.75) is 18.5 Å². The predicted molar refractivity (Wildman–Crippen MR) is 44.9 cm³/mol. The second kappa shape index (κ2) is 2.32. The number of fused-ring (bicyclic) bond motifs is 1. The molecule has 0 unspecified atom stereocenters. The molecule has 2 atom stereocenters. The van der Waals surface area contributed by atoms with Crippen LogP contribution in [0.4, 0.5) is 0 Å². The van der Waals surface area contributed by atoms with Crippen molar-refractivity contribution in [1.82, 2.24) is 0 Å². The van der Waals surface area contributed by atoms with Crippen LogP contribution >= 0.6 is 0 Å². The fourth-order valence-electron chi connectivity index (χ4n) is 1.71. The van der Waals surface area contributed by atoms with E-state index < -0.39 is 0 Å². The van der Waals surface area contributed by atoms with E-state index in [4.69, 9.17) is 11.5 Å². The van der Waals surface area contributed by atoms with Crippen molar-refractivity contribution in [3.05, 3.63) is 35.4 Å². The summed E-state index contributed by atoms with van der Waals surface area (Å²) < 4.78 is 0. The standard InChI is InChI=1S/C9H12N2/c10-8-5-9(11)7-4-2-1-3-6(7)8/h1-4,8-9H,5,10-11H2/t8-,9-/m0/s1. The van der Waals surface area contributed by atoms with Crippen LogP contribution in [0.1, 0.15) is 29.6 Å². The van der Waals surface area contributed by atoms with Crippen LogP contribution in [-0.2, 0) is 0 Å². The molecule has 0 heterocycles. The molecule has 1 aliphatic rings. The summed E-state index contributed by atoms with van der Waals surface area (Å²) in [6, 6.07) is 8.45. The summed E-state index contributed by atoms with van der Waals surface area (Å²) in [5.74, 6) is 0. The van der Waals surface area contributed by atoms with Crippen LogP contribution in [0.15, 0.2) is 24.3 Å². The van der Waals surface area contributed by atoms with Crippen molar-refractivity contribution >= 4 is 0 Å². The average molecular weight is 148 g/mol. The second-order valence-corrected chi connectivity index (χ2v) is 3.08. The zero-order chi connectivity index (χ0) is 7.84. The third-order valence-electron chi connectivity index (χ3n) is 2.30. The van der Waals surface area contributed by atoms with Crippen LogP contribution in [0, 0.1) is 0 Å². The molecule has 0 amide bonds. The Kier molecular flexibility index (Phi) is 1.44. The summed E-state index contributed by atoms with van der Waals surface area (Å²) >= 11 is 0. The molecule has 0 spiro atoms. The first-order chi connectivity index (χ1) is 5.29. The maximum absolute atomic E-state index is 5.86. The lowest BCUT2D eigenvalue weighted by molar-refractivity contribution is 0.621. The maximum atomic E-state index is 5.86. The van der Waals surface area contributed by atoms with Gasteiger partial charge in [0.2, 0.25) is 0 Å². The topological polar surface area (TPSA) is 52.0 Å². The van der Waals surface area contributed by atoms with Crippen molar-refractivity contribution in [2.75, 3.05) is 0 Å². The third-order valence-corrected chi connectivity index (χ3v) is 2.30. The lowest BCUT2D eigenvalue weighted by Crippen LogP contribution is -2.08. The van der Waals surface area contributed by atoms with Gasteiger partial charge in [-0.1, -0.05) is 24.3 Å². The van der Waals surface area contributed by atoms with E-state index in [9.17, 15) is 0 Å². The molecular weight excluding hydrogens is 136 g/mol. The van der Waals surface area contributed by atoms with Gasteiger partial charge in [0.15, 0.2) is 0 Å². The highest BCUT2D eigenvalue weighted by Gasteiger charge is 2.24. The first-order valence-corrected chi connectivity index (χ1v) is 3.89. The van der Waals surface area contributed by atoms with Gasteiger partial charge in [-0.05, 0) is 17.5 Å². The number of hydrogen-bond acceptors (Lipinski definition) is 2. The smallest absolute Gasteiger partial charge is 0.0316 e. The van der Waals surface area contributed by atoms with Gasteiger partial charge in [-0.15, -0.1) is 0 Å². The van der Waals surface area contributed by atoms with Gasteiger partial charge < -0.3 is 11.5 Å². The molecule has 1 aliphatic carbocycles. The first-order valence-electron chi connectivity index (χ1n) is 3.89. The summed E-state index contributed by atoms with van der Waals surface area (Å²) in [5.41, 5.74) is 14.2. The van der Waals surface area contributed by atoms with Crippen LogP contribution in [0.25, 0.3) is 0 Å². The van der Waals surface area contributed by atoms with Crippen LogP contribution in [-0.4, -0.2) is 0 Å². The molecule has 2 rings (SSSR count). The number of nitrogens with two attached hydrogens (primary N) is 2. The molecule has 1 aromatic rings. The van der Waals surface area contributed by atoms with E-state index in [2.05, 4.69) is 12.1 Å². The minimum absolute atomic E-state index is 0.154.